The van der Waals surface area contributed by atoms with E-state index in [1.807, 2.05) is 30.3 Å². The second-order valence-corrected chi connectivity index (χ2v) is 9.67. The Labute approximate surface area is 205 Å². The lowest BCUT2D eigenvalue weighted by atomic mass is 9.81. The molecular formula is C31H29NO3. The van der Waals surface area contributed by atoms with Crippen LogP contribution in [0.15, 0.2) is 72.8 Å². The van der Waals surface area contributed by atoms with Gasteiger partial charge in [-0.15, -0.1) is 0 Å². The SMILES string of the molecule is O=C(O)c1ccc2c(C3CCCCC3)c3n(c2c1)CC=Cc1cc(OCc2ccccc2)ccc1-3. The van der Waals surface area contributed by atoms with Crippen molar-refractivity contribution in [1.82, 2.24) is 4.57 Å². The molecule has 0 saturated heterocycles. The molecule has 0 atom stereocenters. The van der Waals surface area contributed by atoms with Crippen molar-refractivity contribution in [2.75, 3.05) is 0 Å². The molecule has 0 bridgehead atoms. The Kier molecular flexibility index (Phi) is 5.65. The molecule has 176 valence electrons. The van der Waals surface area contributed by atoms with Gasteiger partial charge in [-0.1, -0.05) is 67.8 Å². The first-order valence-corrected chi connectivity index (χ1v) is 12.6. The average molecular weight is 464 g/mol. The monoisotopic (exact) mass is 463 g/mol. The predicted molar refractivity (Wildman–Crippen MR) is 140 cm³/mol. The lowest BCUT2D eigenvalue weighted by molar-refractivity contribution is 0.0697. The number of carbonyl (C=O) groups is 1. The number of rotatable bonds is 5. The van der Waals surface area contributed by atoms with Gasteiger partial charge in [-0.3, -0.25) is 0 Å². The zero-order valence-corrected chi connectivity index (χ0v) is 19.7. The van der Waals surface area contributed by atoms with E-state index in [1.54, 1.807) is 6.07 Å². The molecule has 1 N–H and O–H groups in total. The first kappa shape index (κ1) is 21.7. The number of aromatic carboxylic acids is 1. The molecule has 0 amide bonds. The van der Waals surface area contributed by atoms with Crippen LogP contribution < -0.4 is 4.74 Å². The van der Waals surface area contributed by atoms with Crippen LogP contribution in [0.3, 0.4) is 0 Å². The number of fused-ring (bicyclic) bond motifs is 5. The molecule has 1 fully saturated rings. The molecule has 4 nitrogen and oxygen atoms in total. The smallest absolute Gasteiger partial charge is 0.335 e. The minimum atomic E-state index is -0.883. The molecule has 1 aromatic heterocycles. The summed E-state index contributed by atoms with van der Waals surface area (Å²) in [6.45, 7) is 1.26. The van der Waals surface area contributed by atoms with E-state index in [2.05, 4.69) is 47.1 Å². The highest BCUT2D eigenvalue weighted by molar-refractivity contribution is 5.99. The van der Waals surface area contributed by atoms with E-state index in [0.29, 0.717) is 18.1 Å². The molecule has 3 aromatic carbocycles. The Morgan fingerprint density at radius 2 is 1.80 bits per heavy atom. The van der Waals surface area contributed by atoms with E-state index in [9.17, 15) is 9.90 Å². The second kappa shape index (κ2) is 9.10. The molecule has 4 aromatic rings. The molecular weight excluding hydrogens is 434 g/mol. The van der Waals surface area contributed by atoms with Gasteiger partial charge in [-0.2, -0.15) is 0 Å². The maximum Gasteiger partial charge on any atom is 0.335 e. The molecule has 1 saturated carbocycles. The van der Waals surface area contributed by atoms with E-state index >= 15 is 0 Å². The second-order valence-electron chi connectivity index (χ2n) is 9.67. The Morgan fingerprint density at radius 3 is 2.60 bits per heavy atom. The van der Waals surface area contributed by atoms with Crippen molar-refractivity contribution in [3.05, 3.63) is 95.1 Å². The van der Waals surface area contributed by atoms with Crippen molar-refractivity contribution >= 4 is 22.9 Å². The summed E-state index contributed by atoms with van der Waals surface area (Å²) >= 11 is 0. The van der Waals surface area contributed by atoms with Gasteiger partial charge in [0.25, 0.3) is 0 Å². The van der Waals surface area contributed by atoms with Crippen molar-refractivity contribution < 1.29 is 14.6 Å². The summed E-state index contributed by atoms with van der Waals surface area (Å²) in [7, 11) is 0. The quantitative estimate of drug-likeness (QED) is 0.330. The zero-order chi connectivity index (χ0) is 23.8. The van der Waals surface area contributed by atoms with Gasteiger partial charge in [0.15, 0.2) is 0 Å². The standard InChI is InChI=1S/C31H29NO3/c33-31(34)24-13-15-27-28(19-24)32-17-7-12-23-18-25(35-20-21-8-3-1-4-9-21)14-16-26(23)30(32)29(27)22-10-5-2-6-11-22/h1,3-4,7-9,12-16,18-19,22H,2,5-6,10-11,17,20H2,(H,33,34). The van der Waals surface area contributed by atoms with Gasteiger partial charge in [0.1, 0.15) is 12.4 Å². The third-order valence-corrected chi connectivity index (χ3v) is 7.48. The summed E-state index contributed by atoms with van der Waals surface area (Å²) < 4.78 is 8.45. The van der Waals surface area contributed by atoms with Gasteiger partial charge in [0, 0.05) is 23.0 Å². The maximum atomic E-state index is 11.8. The van der Waals surface area contributed by atoms with E-state index in [0.717, 1.165) is 28.9 Å². The number of hydrogen-bond donors (Lipinski definition) is 1. The van der Waals surface area contributed by atoms with Crippen LogP contribution in [0.2, 0.25) is 0 Å². The number of allylic oxidation sites excluding steroid dienone is 1. The molecule has 0 spiro atoms. The highest BCUT2D eigenvalue weighted by Gasteiger charge is 2.28. The van der Waals surface area contributed by atoms with Crippen LogP contribution in [0.1, 0.15) is 65.1 Å². The van der Waals surface area contributed by atoms with Gasteiger partial charge in [0.2, 0.25) is 0 Å². The van der Waals surface area contributed by atoms with Crippen LogP contribution in [0.4, 0.5) is 0 Å². The maximum absolute atomic E-state index is 11.8. The van der Waals surface area contributed by atoms with Crippen LogP contribution in [0.5, 0.6) is 5.75 Å². The molecule has 0 radical (unpaired) electrons. The minimum Gasteiger partial charge on any atom is -0.489 e. The van der Waals surface area contributed by atoms with Crippen LogP contribution >= 0.6 is 0 Å². The van der Waals surface area contributed by atoms with E-state index in [4.69, 9.17) is 4.74 Å². The van der Waals surface area contributed by atoms with E-state index in [1.165, 1.54) is 54.3 Å². The first-order chi connectivity index (χ1) is 17.2. The Balaban J connectivity index is 1.47. The summed E-state index contributed by atoms with van der Waals surface area (Å²) in [5.74, 6) is 0.471. The number of carboxylic acid groups (broad SMARTS) is 1. The van der Waals surface area contributed by atoms with Crippen LogP contribution in [-0.4, -0.2) is 15.6 Å². The Hall–Kier alpha value is -3.79. The molecule has 6 rings (SSSR count). The fourth-order valence-corrected chi connectivity index (χ4v) is 5.80. The third kappa shape index (κ3) is 4.03. The highest BCUT2D eigenvalue weighted by atomic mass is 16.5. The molecule has 1 aliphatic carbocycles. The molecule has 1 aliphatic heterocycles. The summed E-state index contributed by atoms with van der Waals surface area (Å²) in [5.41, 5.74) is 7.47. The van der Waals surface area contributed by atoms with Crippen molar-refractivity contribution in [3.63, 3.8) is 0 Å². The molecule has 35 heavy (non-hydrogen) atoms. The topological polar surface area (TPSA) is 51.5 Å². The fraction of sp³-hybridized carbons (Fsp3) is 0.258. The molecule has 0 unspecified atom stereocenters. The van der Waals surface area contributed by atoms with Crippen molar-refractivity contribution in [2.45, 2.75) is 51.2 Å². The number of ether oxygens (including phenoxy) is 1. The molecule has 2 aliphatic rings. The summed E-state index contributed by atoms with van der Waals surface area (Å²) in [4.78, 5) is 11.8. The number of nitrogens with zero attached hydrogens (tertiary/aromatic N) is 1. The minimum absolute atomic E-state index is 0.339. The summed E-state index contributed by atoms with van der Waals surface area (Å²) in [5, 5.41) is 10.8. The fourth-order valence-electron chi connectivity index (χ4n) is 5.80. The Bertz CT molecular complexity index is 1420. The van der Waals surface area contributed by atoms with Gasteiger partial charge in [0.05, 0.1) is 11.3 Å². The van der Waals surface area contributed by atoms with Gasteiger partial charge < -0.3 is 14.4 Å². The van der Waals surface area contributed by atoms with E-state index < -0.39 is 5.97 Å². The third-order valence-electron chi connectivity index (χ3n) is 7.48. The Morgan fingerprint density at radius 1 is 0.971 bits per heavy atom. The summed E-state index contributed by atoms with van der Waals surface area (Å²) in [6.07, 6.45) is 10.5. The van der Waals surface area contributed by atoms with Crippen molar-refractivity contribution in [1.29, 1.82) is 0 Å². The number of hydrogen-bond acceptors (Lipinski definition) is 2. The largest absolute Gasteiger partial charge is 0.489 e. The average Bonchev–Trinajstić information content (AvgIpc) is 3.10. The molecule has 2 heterocycles. The van der Waals surface area contributed by atoms with Crippen LogP contribution in [0.25, 0.3) is 28.2 Å². The van der Waals surface area contributed by atoms with Gasteiger partial charge >= 0.3 is 5.97 Å². The lowest BCUT2D eigenvalue weighted by Crippen LogP contribution is -2.07. The lowest BCUT2D eigenvalue weighted by Gasteiger charge is -2.24. The van der Waals surface area contributed by atoms with Crippen LogP contribution in [-0.2, 0) is 13.2 Å². The summed E-state index contributed by atoms with van der Waals surface area (Å²) in [6, 6.07) is 22.2. The van der Waals surface area contributed by atoms with E-state index in [-0.39, 0.29) is 0 Å². The number of carboxylic acids is 1. The first-order valence-electron chi connectivity index (χ1n) is 12.6. The van der Waals surface area contributed by atoms with Gasteiger partial charge in [-0.05, 0) is 65.8 Å². The zero-order valence-electron chi connectivity index (χ0n) is 19.7. The van der Waals surface area contributed by atoms with Crippen LogP contribution in [0, 0.1) is 0 Å². The normalized spacial score (nSPS) is 15.4. The number of aromatic nitrogens is 1. The predicted octanol–water partition coefficient (Wildman–Crippen LogP) is 7.66. The van der Waals surface area contributed by atoms with Gasteiger partial charge in [-0.25, -0.2) is 4.79 Å². The van der Waals surface area contributed by atoms with Crippen molar-refractivity contribution in [3.8, 4) is 17.0 Å². The number of benzene rings is 3. The highest BCUT2D eigenvalue weighted by Crippen LogP contribution is 2.46. The van der Waals surface area contributed by atoms with Crippen molar-refractivity contribution in [2.24, 2.45) is 0 Å². The molecule has 4 heteroatoms.